The molecule has 2 saturated heterocycles. The van der Waals surface area contributed by atoms with Gasteiger partial charge in [0.1, 0.15) is 11.7 Å². The molecule has 2 heterocycles. The molecular weight excluding hydrogens is 362 g/mol. The van der Waals surface area contributed by atoms with Crippen LogP contribution in [0.2, 0.25) is 0 Å². The summed E-state index contributed by atoms with van der Waals surface area (Å²) >= 11 is 0. The molecule has 7 nitrogen and oxygen atoms in total. The normalized spacial score (nSPS) is 40.8. The van der Waals surface area contributed by atoms with Gasteiger partial charge in [0.05, 0.1) is 17.9 Å². The second-order valence-electron chi connectivity index (χ2n) is 8.65. The Bertz CT molecular complexity index is 632. The summed E-state index contributed by atoms with van der Waals surface area (Å²) in [5.74, 6) is -1.52. The van der Waals surface area contributed by atoms with Crippen LogP contribution in [0.5, 0.6) is 0 Å². The number of ether oxygens (including phenoxy) is 2. The molecule has 0 spiro atoms. The molecule has 8 atom stereocenters. The van der Waals surface area contributed by atoms with Gasteiger partial charge in [-0.25, -0.2) is 4.79 Å². The molecule has 0 aromatic rings. The standard InChI is InChI=1S/C21H33NO6/c1-7-15-19-18(27-21(26)28-19)13(5)16(23)11(3)8-10(2)9-12(4)17(24)14(6)20(25)22-15/h10-15,18-19H,7-9H2,1-6H3,(H,22,25)/p+1/t10-,11+,12+,13-,14+,15?,18+,19+/m0/s1. The number of carbonyl (C=O) groups is 3. The maximum absolute atomic E-state index is 13.0. The highest BCUT2D eigenvalue weighted by molar-refractivity contribution is 6.02. The number of ketones is 2. The first kappa shape index (κ1) is 22.4. The summed E-state index contributed by atoms with van der Waals surface area (Å²) in [6.45, 7) is 11.1. The molecule has 0 bridgehead atoms. The van der Waals surface area contributed by atoms with Crippen LogP contribution in [0, 0.1) is 29.6 Å². The fourth-order valence-electron chi connectivity index (χ4n) is 4.52. The van der Waals surface area contributed by atoms with E-state index in [0.717, 1.165) is 0 Å². The molecule has 7 heteroatoms. The number of carbonyl (C=O) groups excluding carboxylic acids is 4. The van der Waals surface area contributed by atoms with Gasteiger partial charge in [0.25, 0.3) is 0 Å². The monoisotopic (exact) mass is 396 g/mol. The SMILES string of the molecule is CCC1NC(=O)[C@H](C)C(=[OH+])[C@H](C)C[C@@H](C)C[C@@H](C)C(=O)[C@H](C)[C@H]2OC(=O)O[C@H]12. The summed E-state index contributed by atoms with van der Waals surface area (Å²) < 4.78 is 10.7. The van der Waals surface area contributed by atoms with Gasteiger partial charge in [-0.2, -0.15) is 0 Å². The van der Waals surface area contributed by atoms with E-state index in [1.807, 2.05) is 27.7 Å². The molecule has 158 valence electrons. The minimum absolute atomic E-state index is 0.0209. The fourth-order valence-corrected chi connectivity index (χ4v) is 4.52. The highest BCUT2D eigenvalue weighted by Gasteiger charge is 2.48. The summed E-state index contributed by atoms with van der Waals surface area (Å²) in [5, 5.41) is 2.88. The van der Waals surface area contributed by atoms with Gasteiger partial charge in [0, 0.05) is 5.92 Å². The minimum Gasteiger partial charge on any atom is -0.426 e. The Morgan fingerprint density at radius 2 is 1.54 bits per heavy atom. The number of Topliss-reactive ketones (excluding diaryl/α,β-unsaturated/α-hetero) is 1. The van der Waals surface area contributed by atoms with Crippen molar-refractivity contribution in [2.45, 2.75) is 79.1 Å². The Hall–Kier alpha value is -1.92. The third kappa shape index (κ3) is 4.73. The van der Waals surface area contributed by atoms with E-state index in [1.165, 1.54) is 0 Å². The molecule has 2 aliphatic heterocycles. The lowest BCUT2D eigenvalue weighted by Gasteiger charge is -2.30. The average Bonchev–Trinajstić information content (AvgIpc) is 3.03. The van der Waals surface area contributed by atoms with E-state index in [4.69, 9.17) is 9.47 Å². The maximum Gasteiger partial charge on any atom is 0.509 e. The van der Waals surface area contributed by atoms with Crippen LogP contribution in [0.1, 0.15) is 60.8 Å². The number of rotatable bonds is 1. The van der Waals surface area contributed by atoms with Crippen molar-refractivity contribution in [1.29, 1.82) is 0 Å². The lowest BCUT2D eigenvalue weighted by molar-refractivity contribution is -0.130. The van der Waals surface area contributed by atoms with Crippen LogP contribution in [0.4, 0.5) is 4.79 Å². The zero-order valence-corrected chi connectivity index (χ0v) is 17.7. The van der Waals surface area contributed by atoms with Crippen LogP contribution >= 0.6 is 0 Å². The number of amides is 1. The Morgan fingerprint density at radius 1 is 0.964 bits per heavy atom. The lowest BCUT2D eigenvalue weighted by Crippen LogP contribution is -2.52. The molecule has 0 aromatic carbocycles. The second-order valence-corrected chi connectivity index (χ2v) is 8.65. The summed E-state index contributed by atoms with van der Waals surface area (Å²) in [7, 11) is 0. The summed E-state index contributed by atoms with van der Waals surface area (Å²) in [6.07, 6.45) is -0.428. The molecule has 0 saturated carbocycles. The molecular formula is C21H34NO6+. The minimum atomic E-state index is -0.816. The Kier molecular flexibility index (Phi) is 7.23. The first-order chi connectivity index (χ1) is 13.1. The van der Waals surface area contributed by atoms with Crippen molar-refractivity contribution in [1.82, 2.24) is 5.32 Å². The van der Waals surface area contributed by atoms with Crippen molar-refractivity contribution < 1.29 is 28.7 Å². The molecule has 0 aromatic heterocycles. The predicted octanol–water partition coefficient (Wildman–Crippen LogP) is 2.87. The lowest BCUT2D eigenvalue weighted by atomic mass is 9.79. The highest BCUT2D eigenvalue weighted by Crippen LogP contribution is 2.31. The molecule has 2 aliphatic rings. The molecule has 0 aliphatic carbocycles. The topological polar surface area (TPSA) is 103 Å². The predicted molar refractivity (Wildman–Crippen MR) is 104 cm³/mol. The Morgan fingerprint density at radius 3 is 2.14 bits per heavy atom. The van der Waals surface area contributed by atoms with Gasteiger partial charge in [0.15, 0.2) is 12.2 Å². The van der Waals surface area contributed by atoms with Crippen molar-refractivity contribution in [3.05, 3.63) is 0 Å². The van der Waals surface area contributed by atoms with E-state index in [9.17, 15) is 19.2 Å². The molecule has 1 unspecified atom stereocenters. The summed E-state index contributed by atoms with van der Waals surface area (Å²) in [6, 6.07) is -0.498. The van der Waals surface area contributed by atoms with Gasteiger partial charge in [-0.15, -0.1) is 0 Å². The Balaban J connectivity index is 2.37. The molecule has 0 radical (unpaired) electrons. The third-order valence-electron chi connectivity index (χ3n) is 6.23. The van der Waals surface area contributed by atoms with E-state index in [2.05, 4.69) is 5.32 Å². The van der Waals surface area contributed by atoms with E-state index >= 15 is 0 Å². The van der Waals surface area contributed by atoms with Crippen LogP contribution < -0.4 is 5.32 Å². The number of fused-ring (bicyclic) bond motifs is 1. The van der Waals surface area contributed by atoms with Gasteiger partial charge < -0.3 is 14.8 Å². The smallest absolute Gasteiger partial charge is 0.426 e. The van der Waals surface area contributed by atoms with Gasteiger partial charge >= 0.3 is 11.9 Å². The largest absolute Gasteiger partial charge is 0.509 e. The van der Waals surface area contributed by atoms with Gasteiger partial charge in [-0.05, 0) is 32.1 Å². The molecule has 2 N–H and O–H groups in total. The summed E-state index contributed by atoms with van der Waals surface area (Å²) in [5.41, 5.74) is 0. The molecule has 1 amide bonds. The third-order valence-corrected chi connectivity index (χ3v) is 6.23. The quantitative estimate of drug-likeness (QED) is 0.417. The van der Waals surface area contributed by atoms with Crippen LogP contribution in [0.15, 0.2) is 0 Å². The van der Waals surface area contributed by atoms with Gasteiger partial charge in [0.2, 0.25) is 5.91 Å². The van der Waals surface area contributed by atoms with Gasteiger partial charge in [-0.3, -0.25) is 14.4 Å². The van der Waals surface area contributed by atoms with E-state index in [1.54, 1.807) is 13.8 Å². The zero-order chi connectivity index (χ0) is 21.2. The first-order valence-corrected chi connectivity index (χ1v) is 10.3. The van der Waals surface area contributed by atoms with E-state index in [0.29, 0.717) is 19.3 Å². The van der Waals surface area contributed by atoms with Crippen molar-refractivity contribution in [2.24, 2.45) is 29.6 Å². The average molecular weight is 397 g/mol. The van der Waals surface area contributed by atoms with E-state index < -0.39 is 36.2 Å². The van der Waals surface area contributed by atoms with Crippen molar-refractivity contribution in [3.63, 3.8) is 0 Å². The van der Waals surface area contributed by atoms with Crippen LogP contribution in [-0.2, 0) is 19.1 Å². The van der Waals surface area contributed by atoms with Crippen LogP contribution in [0.3, 0.4) is 0 Å². The van der Waals surface area contributed by atoms with Crippen molar-refractivity contribution in [2.75, 3.05) is 0 Å². The zero-order valence-electron chi connectivity index (χ0n) is 17.7. The number of nitrogens with one attached hydrogen (secondary N) is 1. The first-order valence-electron chi connectivity index (χ1n) is 10.3. The fraction of sp³-hybridized carbons (Fsp3) is 0.810. The van der Waals surface area contributed by atoms with Crippen molar-refractivity contribution in [3.8, 4) is 0 Å². The molecule has 2 fully saturated rings. The van der Waals surface area contributed by atoms with Crippen LogP contribution in [0.25, 0.3) is 0 Å². The maximum atomic E-state index is 13.0. The Labute approximate surface area is 166 Å². The van der Waals surface area contributed by atoms with Crippen molar-refractivity contribution >= 4 is 23.6 Å². The summed E-state index contributed by atoms with van der Waals surface area (Å²) in [4.78, 5) is 48.1. The van der Waals surface area contributed by atoms with Gasteiger partial charge in [-0.1, -0.05) is 34.6 Å². The van der Waals surface area contributed by atoms with Crippen LogP contribution in [-0.4, -0.2) is 46.7 Å². The number of hydrogen-bond acceptors (Lipinski definition) is 5. The molecule has 2 rings (SSSR count). The number of hydrogen-bond donors (Lipinski definition) is 1. The molecule has 28 heavy (non-hydrogen) atoms. The second kappa shape index (κ2) is 9.05. The highest BCUT2D eigenvalue weighted by atomic mass is 16.8. The van der Waals surface area contributed by atoms with E-state index in [-0.39, 0.29) is 35.2 Å².